The van der Waals surface area contributed by atoms with Crippen LogP contribution in [0, 0.1) is 24.0 Å². The van der Waals surface area contributed by atoms with Crippen LogP contribution >= 0.6 is 23.2 Å². The van der Waals surface area contributed by atoms with Gasteiger partial charge in [0, 0.05) is 11.6 Å². The van der Waals surface area contributed by atoms with E-state index in [0.717, 1.165) is 0 Å². The summed E-state index contributed by atoms with van der Waals surface area (Å²) in [6, 6.07) is 1.42. The van der Waals surface area contributed by atoms with E-state index in [9.17, 15) is 10.1 Å². The Hall–Kier alpha value is -0.800. The molecule has 13 heavy (non-hydrogen) atoms. The van der Waals surface area contributed by atoms with Gasteiger partial charge in [0.15, 0.2) is 0 Å². The number of nitro benzene ring substituents is 1. The molecule has 0 fully saturated rings. The second-order valence-corrected chi connectivity index (χ2v) is 3.48. The van der Waals surface area contributed by atoms with E-state index in [1.54, 1.807) is 13.8 Å². The molecule has 0 aromatic heterocycles. The molecule has 0 spiro atoms. The van der Waals surface area contributed by atoms with Crippen LogP contribution in [0.3, 0.4) is 0 Å². The predicted molar refractivity (Wildman–Crippen MR) is 52.6 cm³/mol. The Kier molecular flexibility index (Phi) is 2.78. The standard InChI is InChI=1S/C8H7Cl2NO2/c1-4-3-6(11(12)13)5(2)8(10)7(4)9/h3H,1-2H3. The highest BCUT2D eigenvalue weighted by molar-refractivity contribution is 6.43. The second-order valence-electron chi connectivity index (χ2n) is 2.72. The Morgan fingerprint density at radius 3 is 2.31 bits per heavy atom. The highest BCUT2D eigenvalue weighted by Crippen LogP contribution is 2.34. The first-order chi connectivity index (χ1) is 5.95. The van der Waals surface area contributed by atoms with E-state index in [2.05, 4.69) is 0 Å². The van der Waals surface area contributed by atoms with Gasteiger partial charge in [-0.05, 0) is 19.4 Å². The molecule has 0 unspecified atom stereocenters. The van der Waals surface area contributed by atoms with Crippen molar-refractivity contribution in [2.24, 2.45) is 0 Å². The minimum absolute atomic E-state index is 0.00639. The maximum atomic E-state index is 10.5. The summed E-state index contributed by atoms with van der Waals surface area (Å²) < 4.78 is 0. The third-order valence-corrected chi connectivity index (χ3v) is 2.86. The van der Waals surface area contributed by atoms with Crippen LogP contribution in [0.4, 0.5) is 5.69 Å². The first-order valence-electron chi connectivity index (χ1n) is 3.54. The van der Waals surface area contributed by atoms with Gasteiger partial charge in [-0.3, -0.25) is 10.1 Å². The number of halogens is 2. The molecule has 0 aliphatic heterocycles. The van der Waals surface area contributed by atoms with Gasteiger partial charge in [0.25, 0.3) is 5.69 Å². The molecule has 0 N–H and O–H groups in total. The Bertz CT molecular complexity index is 377. The zero-order valence-corrected chi connectivity index (χ0v) is 8.61. The number of nitrogens with zero attached hydrogens (tertiary/aromatic N) is 1. The van der Waals surface area contributed by atoms with E-state index in [4.69, 9.17) is 23.2 Å². The summed E-state index contributed by atoms with van der Waals surface area (Å²) in [6.07, 6.45) is 0. The van der Waals surface area contributed by atoms with Crippen LogP contribution in [0.25, 0.3) is 0 Å². The van der Waals surface area contributed by atoms with Gasteiger partial charge in [-0.25, -0.2) is 0 Å². The molecular formula is C8H7Cl2NO2. The number of hydrogen-bond acceptors (Lipinski definition) is 2. The quantitative estimate of drug-likeness (QED) is 0.536. The Morgan fingerprint density at radius 1 is 1.31 bits per heavy atom. The van der Waals surface area contributed by atoms with Gasteiger partial charge in [-0.15, -0.1) is 0 Å². The fourth-order valence-corrected chi connectivity index (χ4v) is 1.46. The molecule has 70 valence electrons. The number of benzene rings is 1. The maximum Gasteiger partial charge on any atom is 0.274 e. The summed E-state index contributed by atoms with van der Waals surface area (Å²) in [5.41, 5.74) is 1.03. The maximum absolute atomic E-state index is 10.5. The molecule has 0 atom stereocenters. The van der Waals surface area contributed by atoms with Crippen molar-refractivity contribution in [2.75, 3.05) is 0 Å². The number of nitro groups is 1. The van der Waals surface area contributed by atoms with Crippen molar-refractivity contribution in [3.05, 3.63) is 37.4 Å². The lowest BCUT2D eigenvalue weighted by Gasteiger charge is -2.04. The Morgan fingerprint density at radius 2 is 1.85 bits per heavy atom. The van der Waals surface area contributed by atoms with Gasteiger partial charge >= 0.3 is 0 Å². The molecule has 0 saturated heterocycles. The number of hydrogen-bond donors (Lipinski definition) is 0. The third-order valence-electron chi connectivity index (χ3n) is 1.80. The van der Waals surface area contributed by atoms with Crippen molar-refractivity contribution in [3.63, 3.8) is 0 Å². The van der Waals surface area contributed by atoms with Crippen LogP contribution in [-0.4, -0.2) is 4.92 Å². The fraction of sp³-hybridized carbons (Fsp3) is 0.250. The summed E-state index contributed by atoms with van der Waals surface area (Å²) in [5, 5.41) is 11.2. The molecule has 0 aliphatic carbocycles. The smallest absolute Gasteiger partial charge is 0.258 e. The average Bonchev–Trinajstić information content (AvgIpc) is 2.07. The van der Waals surface area contributed by atoms with Crippen molar-refractivity contribution in [3.8, 4) is 0 Å². The molecule has 0 radical (unpaired) electrons. The first kappa shape index (κ1) is 10.3. The third kappa shape index (κ3) is 1.76. The van der Waals surface area contributed by atoms with Crippen LogP contribution in [-0.2, 0) is 0 Å². The van der Waals surface area contributed by atoms with E-state index in [1.165, 1.54) is 6.07 Å². The van der Waals surface area contributed by atoms with Crippen LogP contribution < -0.4 is 0 Å². The second kappa shape index (κ2) is 3.52. The first-order valence-corrected chi connectivity index (χ1v) is 4.30. The fourth-order valence-electron chi connectivity index (χ4n) is 1.02. The van der Waals surface area contributed by atoms with Crippen LogP contribution in [0.2, 0.25) is 10.0 Å². The molecule has 0 amide bonds. The zero-order valence-electron chi connectivity index (χ0n) is 7.10. The van der Waals surface area contributed by atoms with E-state index < -0.39 is 4.92 Å². The lowest BCUT2D eigenvalue weighted by Crippen LogP contribution is -1.94. The monoisotopic (exact) mass is 219 g/mol. The van der Waals surface area contributed by atoms with Gasteiger partial charge in [0.2, 0.25) is 0 Å². The van der Waals surface area contributed by atoms with Crippen molar-refractivity contribution in [2.45, 2.75) is 13.8 Å². The summed E-state index contributed by atoms with van der Waals surface area (Å²) in [5.74, 6) is 0. The Labute approximate surface area is 85.4 Å². The van der Waals surface area contributed by atoms with Gasteiger partial charge in [-0.1, -0.05) is 23.2 Å². The zero-order chi connectivity index (χ0) is 10.2. The molecule has 5 heteroatoms. The molecule has 3 nitrogen and oxygen atoms in total. The predicted octanol–water partition coefficient (Wildman–Crippen LogP) is 3.52. The van der Waals surface area contributed by atoms with Gasteiger partial charge < -0.3 is 0 Å². The minimum atomic E-state index is -0.468. The Balaban J connectivity index is 3.50. The van der Waals surface area contributed by atoms with Crippen molar-refractivity contribution in [1.29, 1.82) is 0 Å². The number of aryl methyl sites for hydroxylation is 1. The van der Waals surface area contributed by atoms with E-state index in [1.807, 2.05) is 0 Å². The summed E-state index contributed by atoms with van der Waals surface area (Å²) in [4.78, 5) is 10.1. The molecule has 0 aliphatic rings. The molecular weight excluding hydrogens is 213 g/mol. The normalized spacial score (nSPS) is 10.2. The van der Waals surface area contributed by atoms with Crippen LogP contribution in [0.5, 0.6) is 0 Å². The van der Waals surface area contributed by atoms with Crippen molar-refractivity contribution >= 4 is 28.9 Å². The minimum Gasteiger partial charge on any atom is -0.258 e. The van der Waals surface area contributed by atoms with E-state index in [-0.39, 0.29) is 10.7 Å². The highest BCUT2D eigenvalue weighted by atomic mass is 35.5. The van der Waals surface area contributed by atoms with Crippen molar-refractivity contribution < 1.29 is 4.92 Å². The molecule has 0 heterocycles. The van der Waals surface area contributed by atoms with Crippen LogP contribution in [0.15, 0.2) is 6.07 Å². The summed E-state index contributed by atoms with van der Waals surface area (Å²) in [7, 11) is 0. The lowest BCUT2D eigenvalue weighted by molar-refractivity contribution is -0.385. The largest absolute Gasteiger partial charge is 0.274 e. The highest BCUT2D eigenvalue weighted by Gasteiger charge is 2.17. The lowest BCUT2D eigenvalue weighted by atomic mass is 10.1. The van der Waals surface area contributed by atoms with E-state index in [0.29, 0.717) is 16.1 Å². The molecule has 0 bridgehead atoms. The van der Waals surface area contributed by atoms with Gasteiger partial charge in [0.1, 0.15) is 0 Å². The molecule has 1 aromatic carbocycles. The molecule has 1 rings (SSSR count). The summed E-state index contributed by atoms with van der Waals surface area (Å²) in [6.45, 7) is 3.26. The van der Waals surface area contributed by atoms with E-state index >= 15 is 0 Å². The SMILES string of the molecule is Cc1cc([N+](=O)[O-])c(C)c(Cl)c1Cl. The van der Waals surface area contributed by atoms with Gasteiger partial charge in [0.05, 0.1) is 15.0 Å². The molecule has 0 saturated carbocycles. The number of rotatable bonds is 1. The topological polar surface area (TPSA) is 43.1 Å². The van der Waals surface area contributed by atoms with Crippen molar-refractivity contribution in [1.82, 2.24) is 0 Å². The van der Waals surface area contributed by atoms with Gasteiger partial charge in [-0.2, -0.15) is 0 Å². The molecule has 1 aromatic rings. The average molecular weight is 220 g/mol. The summed E-state index contributed by atoms with van der Waals surface area (Å²) >= 11 is 11.6. The van der Waals surface area contributed by atoms with Crippen LogP contribution in [0.1, 0.15) is 11.1 Å².